The lowest BCUT2D eigenvalue weighted by molar-refractivity contribution is -0.134. The van der Waals surface area contributed by atoms with Gasteiger partial charge in [-0.25, -0.2) is 0 Å². The summed E-state index contributed by atoms with van der Waals surface area (Å²) in [6, 6.07) is 14.5. The highest BCUT2D eigenvalue weighted by Crippen LogP contribution is 2.40. The van der Waals surface area contributed by atoms with Crippen molar-refractivity contribution >= 4 is 5.97 Å². The van der Waals surface area contributed by atoms with Crippen molar-refractivity contribution in [1.29, 1.82) is 0 Å². The van der Waals surface area contributed by atoms with E-state index >= 15 is 0 Å². The quantitative estimate of drug-likeness (QED) is 0.573. The number of aryl methyl sites for hydroxylation is 2. The van der Waals surface area contributed by atoms with Gasteiger partial charge in [-0.05, 0) is 43.0 Å². The largest absolute Gasteiger partial charge is 0.426 e. The van der Waals surface area contributed by atoms with Crippen LogP contribution >= 0.6 is 0 Å². The molecule has 102 valence electrons. The van der Waals surface area contributed by atoms with Gasteiger partial charge in [-0.15, -0.1) is 0 Å². The Morgan fingerprint density at radius 1 is 1.10 bits per heavy atom. The standard InChI is InChI=1S/C18H18O2/c1-12-10-13(2)18-15(14-6-4-3-5-7-14)8-9-17(19)20-16(18)11-12/h3-7,10-11,15H,8-9H2,1-2H3. The Morgan fingerprint density at radius 2 is 1.85 bits per heavy atom. The molecular formula is C18H18O2. The molecule has 0 aliphatic carbocycles. The number of hydrogen-bond donors (Lipinski definition) is 0. The van der Waals surface area contributed by atoms with Gasteiger partial charge in [0.05, 0.1) is 0 Å². The summed E-state index contributed by atoms with van der Waals surface area (Å²) in [6.07, 6.45) is 1.27. The van der Waals surface area contributed by atoms with Crippen molar-refractivity contribution in [2.24, 2.45) is 0 Å². The van der Waals surface area contributed by atoms with Gasteiger partial charge in [0.2, 0.25) is 0 Å². The lowest BCUT2D eigenvalue weighted by Crippen LogP contribution is -2.05. The van der Waals surface area contributed by atoms with Crippen LogP contribution in [0.5, 0.6) is 5.75 Å². The van der Waals surface area contributed by atoms with Crippen LogP contribution in [0.2, 0.25) is 0 Å². The molecule has 0 N–H and O–H groups in total. The van der Waals surface area contributed by atoms with Crippen LogP contribution < -0.4 is 4.74 Å². The molecule has 0 amide bonds. The molecule has 2 heteroatoms. The number of rotatable bonds is 1. The van der Waals surface area contributed by atoms with Crippen molar-refractivity contribution in [3.05, 3.63) is 64.7 Å². The Bertz CT molecular complexity index is 644. The molecule has 0 spiro atoms. The molecule has 0 radical (unpaired) electrons. The van der Waals surface area contributed by atoms with Crippen LogP contribution in [0.25, 0.3) is 0 Å². The molecule has 2 nitrogen and oxygen atoms in total. The fraction of sp³-hybridized carbons (Fsp3) is 0.278. The maximum absolute atomic E-state index is 11.8. The SMILES string of the molecule is Cc1cc(C)c2c(c1)OC(=O)CCC2c1ccccc1. The summed E-state index contributed by atoms with van der Waals surface area (Å²) in [5, 5.41) is 0. The molecule has 0 bridgehead atoms. The minimum atomic E-state index is -0.130. The molecule has 0 aromatic heterocycles. The van der Waals surface area contributed by atoms with Crippen LogP contribution in [-0.4, -0.2) is 5.97 Å². The summed E-state index contributed by atoms with van der Waals surface area (Å²) >= 11 is 0. The number of hydrogen-bond acceptors (Lipinski definition) is 2. The molecule has 3 rings (SSSR count). The van der Waals surface area contributed by atoms with E-state index in [1.165, 1.54) is 11.1 Å². The van der Waals surface area contributed by atoms with Crippen LogP contribution in [0.4, 0.5) is 0 Å². The Labute approximate surface area is 119 Å². The van der Waals surface area contributed by atoms with E-state index in [9.17, 15) is 4.79 Å². The lowest BCUT2D eigenvalue weighted by Gasteiger charge is -2.19. The predicted octanol–water partition coefficient (Wildman–Crippen LogP) is 4.13. The van der Waals surface area contributed by atoms with Gasteiger partial charge in [0.15, 0.2) is 0 Å². The first-order valence-corrected chi connectivity index (χ1v) is 7.02. The second-order valence-electron chi connectivity index (χ2n) is 5.47. The van der Waals surface area contributed by atoms with Gasteiger partial charge in [-0.2, -0.15) is 0 Å². The molecule has 1 unspecified atom stereocenters. The molecule has 1 aliphatic rings. The number of benzene rings is 2. The maximum atomic E-state index is 11.8. The van der Waals surface area contributed by atoms with E-state index in [4.69, 9.17) is 4.74 Å². The van der Waals surface area contributed by atoms with E-state index in [0.29, 0.717) is 6.42 Å². The van der Waals surface area contributed by atoms with Crippen LogP contribution in [0.15, 0.2) is 42.5 Å². The van der Waals surface area contributed by atoms with Gasteiger partial charge in [0, 0.05) is 17.9 Å². The molecule has 1 heterocycles. The van der Waals surface area contributed by atoms with Crippen molar-refractivity contribution in [2.45, 2.75) is 32.6 Å². The van der Waals surface area contributed by atoms with Gasteiger partial charge >= 0.3 is 5.97 Å². The van der Waals surface area contributed by atoms with Gasteiger partial charge in [-0.1, -0.05) is 36.4 Å². The number of carbonyl (C=O) groups excluding carboxylic acids is 1. The minimum absolute atomic E-state index is 0.130. The average Bonchev–Trinajstić information content (AvgIpc) is 2.58. The van der Waals surface area contributed by atoms with E-state index in [2.05, 4.69) is 25.1 Å². The zero-order valence-corrected chi connectivity index (χ0v) is 11.8. The second-order valence-corrected chi connectivity index (χ2v) is 5.47. The van der Waals surface area contributed by atoms with Gasteiger partial charge in [0.25, 0.3) is 0 Å². The Hall–Kier alpha value is -2.09. The Balaban J connectivity index is 2.17. The number of carbonyl (C=O) groups is 1. The van der Waals surface area contributed by atoms with Crippen molar-refractivity contribution < 1.29 is 9.53 Å². The third-order valence-corrected chi connectivity index (χ3v) is 3.90. The fourth-order valence-corrected chi connectivity index (χ4v) is 3.07. The second kappa shape index (κ2) is 5.12. The first-order valence-electron chi connectivity index (χ1n) is 7.02. The first-order chi connectivity index (χ1) is 9.65. The summed E-state index contributed by atoms with van der Waals surface area (Å²) < 4.78 is 5.53. The fourth-order valence-electron chi connectivity index (χ4n) is 3.07. The van der Waals surface area contributed by atoms with Crippen LogP contribution in [-0.2, 0) is 4.79 Å². The summed E-state index contributed by atoms with van der Waals surface area (Å²) in [6.45, 7) is 4.13. The normalized spacial score (nSPS) is 18.1. The summed E-state index contributed by atoms with van der Waals surface area (Å²) in [7, 11) is 0. The smallest absolute Gasteiger partial charge is 0.311 e. The van der Waals surface area contributed by atoms with Crippen LogP contribution in [0, 0.1) is 13.8 Å². The third kappa shape index (κ3) is 2.34. The molecule has 1 aliphatic heterocycles. The van der Waals surface area contributed by atoms with Crippen molar-refractivity contribution in [2.75, 3.05) is 0 Å². The Kier molecular flexibility index (Phi) is 3.31. The first kappa shape index (κ1) is 12.9. The van der Waals surface area contributed by atoms with Crippen molar-refractivity contribution in [3.63, 3.8) is 0 Å². The van der Waals surface area contributed by atoms with Gasteiger partial charge in [0.1, 0.15) is 5.75 Å². The zero-order valence-electron chi connectivity index (χ0n) is 11.8. The molecule has 2 aromatic rings. The molecular weight excluding hydrogens is 248 g/mol. The molecule has 2 aromatic carbocycles. The van der Waals surface area contributed by atoms with Crippen molar-refractivity contribution in [1.82, 2.24) is 0 Å². The summed E-state index contributed by atoms with van der Waals surface area (Å²) in [5.41, 5.74) is 4.73. The third-order valence-electron chi connectivity index (χ3n) is 3.90. The van der Waals surface area contributed by atoms with E-state index < -0.39 is 0 Å². The molecule has 20 heavy (non-hydrogen) atoms. The summed E-state index contributed by atoms with van der Waals surface area (Å²) in [5.74, 6) is 0.840. The van der Waals surface area contributed by atoms with Gasteiger partial charge in [-0.3, -0.25) is 4.79 Å². The number of ether oxygens (including phenoxy) is 1. The highest BCUT2D eigenvalue weighted by Gasteiger charge is 2.26. The number of esters is 1. The molecule has 1 atom stereocenters. The van der Waals surface area contributed by atoms with Crippen molar-refractivity contribution in [3.8, 4) is 5.75 Å². The lowest BCUT2D eigenvalue weighted by atomic mass is 9.84. The van der Waals surface area contributed by atoms with E-state index in [-0.39, 0.29) is 11.9 Å². The molecule has 0 saturated heterocycles. The highest BCUT2D eigenvalue weighted by molar-refractivity contribution is 5.74. The highest BCUT2D eigenvalue weighted by atomic mass is 16.5. The van der Waals surface area contributed by atoms with E-state index in [1.54, 1.807) is 0 Å². The summed E-state index contributed by atoms with van der Waals surface area (Å²) in [4.78, 5) is 11.8. The topological polar surface area (TPSA) is 26.3 Å². The molecule has 0 saturated carbocycles. The Morgan fingerprint density at radius 3 is 2.60 bits per heavy atom. The van der Waals surface area contributed by atoms with Gasteiger partial charge < -0.3 is 4.74 Å². The maximum Gasteiger partial charge on any atom is 0.311 e. The van der Waals surface area contributed by atoms with E-state index in [0.717, 1.165) is 23.3 Å². The monoisotopic (exact) mass is 266 g/mol. The minimum Gasteiger partial charge on any atom is -0.426 e. The molecule has 0 fully saturated rings. The van der Waals surface area contributed by atoms with Crippen LogP contribution in [0.1, 0.15) is 41.0 Å². The number of fused-ring (bicyclic) bond motifs is 1. The van der Waals surface area contributed by atoms with E-state index in [1.807, 2.05) is 31.2 Å². The predicted molar refractivity (Wildman–Crippen MR) is 79.1 cm³/mol. The van der Waals surface area contributed by atoms with Crippen LogP contribution in [0.3, 0.4) is 0 Å². The zero-order chi connectivity index (χ0) is 14.1. The average molecular weight is 266 g/mol.